The lowest BCUT2D eigenvalue weighted by atomic mass is 10.1. The quantitative estimate of drug-likeness (QED) is 0.519. The zero-order valence-electron chi connectivity index (χ0n) is 16.8. The van der Waals surface area contributed by atoms with E-state index in [-0.39, 0.29) is 24.4 Å². The summed E-state index contributed by atoms with van der Waals surface area (Å²) in [6.07, 6.45) is -4.70. The maximum atomic E-state index is 12.7. The number of hydrogen-bond acceptors (Lipinski definition) is 4. The summed E-state index contributed by atoms with van der Waals surface area (Å²) in [5.41, 5.74) is 3.69. The Morgan fingerprint density at radius 1 is 1.07 bits per heavy atom. The average Bonchev–Trinajstić information content (AvgIpc) is 2.65. The van der Waals surface area contributed by atoms with Crippen LogP contribution in [-0.2, 0) is 15.8 Å². The number of anilines is 1. The average molecular weight is 421 g/mol. The van der Waals surface area contributed by atoms with Gasteiger partial charge in [0.15, 0.2) is 6.61 Å². The summed E-state index contributed by atoms with van der Waals surface area (Å²) in [7, 11) is 0. The van der Waals surface area contributed by atoms with E-state index in [2.05, 4.69) is 15.8 Å². The molecule has 0 radical (unpaired) electrons. The number of carbonyl (C=O) groups excluding carboxylic acids is 2. The largest absolute Gasteiger partial charge is 0.483 e. The van der Waals surface area contributed by atoms with Crippen LogP contribution in [0.1, 0.15) is 30.0 Å². The highest BCUT2D eigenvalue weighted by atomic mass is 19.4. The van der Waals surface area contributed by atoms with Crippen LogP contribution in [0.25, 0.3) is 0 Å². The van der Waals surface area contributed by atoms with Crippen LogP contribution in [0.2, 0.25) is 0 Å². The molecule has 0 bridgehead atoms. The molecule has 0 aromatic heterocycles. The predicted octanol–water partition coefficient (Wildman–Crippen LogP) is 4.22. The Balaban J connectivity index is 1.83. The molecule has 30 heavy (non-hydrogen) atoms. The van der Waals surface area contributed by atoms with Crippen LogP contribution >= 0.6 is 0 Å². The first kappa shape index (κ1) is 22.9. The number of hydrogen-bond donors (Lipinski definition) is 2. The molecule has 6 nitrogen and oxygen atoms in total. The van der Waals surface area contributed by atoms with Gasteiger partial charge in [-0.1, -0.05) is 23.8 Å². The van der Waals surface area contributed by atoms with Crippen molar-refractivity contribution in [2.75, 3.05) is 11.9 Å². The lowest BCUT2D eigenvalue weighted by Gasteiger charge is -2.10. The van der Waals surface area contributed by atoms with Crippen molar-refractivity contribution in [2.45, 2.75) is 33.4 Å². The molecule has 0 aliphatic carbocycles. The van der Waals surface area contributed by atoms with E-state index in [1.807, 2.05) is 26.0 Å². The zero-order valence-corrected chi connectivity index (χ0v) is 16.8. The second kappa shape index (κ2) is 9.91. The van der Waals surface area contributed by atoms with Crippen molar-refractivity contribution >= 4 is 23.2 Å². The molecule has 0 heterocycles. The number of nitrogens with zero attached hydrogens (tertiary/aromatic N) is 1. The van der Waals surface area contributed by atoms with Crippen LogP contribution in [0, 0.1) is 13.8 Å². The summed E-state index contributed by atoms with van der Waals surface area (Å²) in [5, 5.41) is 6.18. The summed E-state index contributed by atoms with van der Waals surface area (Å²) < 4.78 is 43.6. The van der Waals surface area contributed by atoms with E-state index < -0.39 is 23.6 Å². The topological polar surface area (TPSA) is 79.8 Å². The number of alkyl halides is 3. The zero-order chi connectivity index (χ0) is 22.3. The van der Waals surface area contributed by atoms with E-state index in [4.69, 9.17) is 4.74 Å². The van der Waals surface area contributed by atoms with Gasteiger partial charge in [0.1, 0.15) is 5.75 Å². The van der Waals surface area contributed by atoms with Crippen LogP contribution in [0.15, 0.2) is 47.6 Å². The van der Waals surface area contributed by atoms with Gasteiger partial charge in [-0.25, -0.2) is 5.43 Å². The van der Waals surface area contributed by atoms with Gasteiger partial charge >= 0.3 is 6.18 Å². The molecule has 2 N–H and O–H groups in total. The Hall–Kier alpha value is -3.36. The molecule has 2 amide bonds. The van der Waals surface area contributed by atoms with Crippen molar-refractivity contribution in [3.05, 3.63) is 59.2 Å². The molecule has 2 aromatic carbocycles. The highest BCUT2D eigenvalue weighted by Gasteiger charge is 2.30. The van der Waals surface area contributed by atoms with Crippen LogP contribution in [-0.4, -0.2) is 24.1 Å². The summed E-state index contributed by atoms with van der Waals surface area (Å²) >= 11 is 0. The van der Waals surface area contributed by atoms with Gasteiger partial charge in [-0.2, -0.15) is 18.3 Å². The minimum absolute atomic E-state index is 0.0218. The van der Waals surface area contributed by atoms with Crippen LogP contribution in [0.4, 0.5) is 18.9 Å². The molecule has 2 aromatic rings. The fraction of sp³-hybridized carbons (Fsp3) is 0.286. The van der Waals surface area contributed by atoms with Gasteiger partial charge in [0, 0.05) is 11.4 Å². The summed E-state index contributed by atoms with van der Waals surface area (Å²) in [5.74, 6) is -0.485. The van der Waals surface area contributed by atoms with Gasteiger partial charge in [-0.15, -0.1) is 0 Å². The molecule has 0 saturated heterocycles. The monoisotopic (exact) mass is 421 g/mol. The van der Waals surface area contributed by atoms with Gasteiger partial charge in [0.2, 0.25) is 5.91 Å². The Kier molecular flexibility index (Phi) is 7.57. The molecule has 0 aliphatic heterocycles. The maximum Gasteiger partial charge on any atom is 0.416 e. The molecular formula is C21H22F3N3O3. The number of rotatable bonds is 7. The Morgan fingerprint density at radius 2 is 1.80 bits per heavy atom. The molecule has 0 spiro atoms. The number of halogens is 3. The van der Waals surface area contributed by atoms with Gasteiger partial charge in [-0.05, 0) is 50.6 Å². The first-order valence-electron chi connectivity index (χ1n) is 9.04. The van der Waals surface area contributed by atoms with E-state index in [0.29, 0.717) is 5.75 Å². The molecule has 9 heteroatoms. The molecule has 0 aliphatic rings. The smallest absolute Gasteiger partial charge is 0.416 e. The van der Waals surface area contributed by atoms with E-state index in [9.17, 15) is 22.8 Å². The van der Waals surface area contributed by atoms with Crippen molar-refractivity contribution in [3.63, 3.8) is 0 Å². The van der Waals surface area contributed by atoms with Gasteiger partial charge in [-0.3, -0.25) is 9.59 Å². The molecule has 0 atom stereocenters. The lowest BCUT2D eigenvalue weighted by Crippen LogP contribution is -2.26. The fourth-order valence-corrected chi connectivity index (χ4v) is 2.54. The van der Waals surface area contributed by atoms with Crippen LogP contribution < -0.4 is 15.5 Å². The maximum absolute atomic E-state index is 12.7. The standard InChI is InChI=1S/C21H22F3N3O3/c1-13-7-8-18(14(2)9-13)30-12-20(29)27-26-15(3)10-19(28)25-17-6-4-5-16(11-17)21(22,23)24/h4-9,11H,10,12H2,1-3H3,(H,25,28)(H,27,29)/b26-15+. The third-order valence-electron chi connectivity index (χ3n) is 3.95. The highest BCUT2D eigenvalue weighted by Crippen LogP contribution is 2.30. The molecule has 0 unspecified atom stereocenters. The Bertz CT molecular complexity index is 956. The molecule has 2 rings (SSSR count). The predicted molar refractivity (Wildman–Crippen MR) is 107 cm³/mol. The normalized spacial score (nSPS) is 11.7. The minimum atomic E-state index is -4.50. The number of amides is 2. The second-order valence-electron chi connectivity index (χ2n) is 6.74. The summed E-state index contributed by atoms with van der Waals surface area (Å²) in [4.78, 5) is 23.9. The van der Waals surface area contributed by atoms with Crippen LogP contribution in [0.5, 0.6) is 5.75 Å². The first-order chi connectivity index (χ1) is 14.0. The number of hydrazone groups is 1. The van der Waals surface area contributed by atoms with Gasteiger partial charge in [0.25, 0.3) is 5.91 Å². The number of nitrogens with one attached hydrogen (secondary N) is 2. The number of ether oxygens (including phenoxy) is 1. The van der Waals surface area contributed by atoms with E-state index >= 15 is 0 Å². The minimum Gasteiger partial charge on any atom is -0.483 e. The van der Waals surface area contributed by atoms with E-state index in [0.717, 1.165) is 23.3 Å². The molecule has 0 saturated carbocycles. The summed E-state index contributed by atoms with van der Waals surface area (Å²) in [6.45, 7) is 5.07. The Morgan fingerprint density at radius 3 is 2.47 bits per heavy atom. The van der Waals surface area contributed by atoms with Gasteiger partial charge < -0.3 is 10.1 Å². The summed E-state index contributed by atoms with van der Waals surface area (Å²) in [6, 6.07) is 9.88. The van der Waals surface area contributed by atoms with Crippen molar-refractivity contribution < 1.29 is 27.5 Å². The fourth-order valence-electron chi connectivity index (χ4n) is 2.54. The Labute approximate surface area is 172 Å². The third-order valence-corrected chi connectivity index (χ3v) is 3.95. The van der Waals surface area contributed by atoms with Crippen molar-refractivity contribution in [2.24, 2.45) is 5.10 Å². The number of benzene rings is 2. The number of carbonyl (C=O) groups is 2. The van der Waals surface area contributed by atoms with Crippen molar-refractivity contribution in [1.82, 2.24) is 5.43 Å². The molecular weight excluding hydrogens is 399 g/mol. The highest BCUT2D eigenvalue weighted by molar-refractivity contribution is 6.05. The van der Waals surface area contributed by atoms with Crippen molar-refractivity contribution in [1.29, 1.82) is 0 Å². The van der Waals surface area contributed by atoms with Gasteiger partial charge in [0.05, 0.1) is 12.0 Å². The molecule has 160 valence electrons. The third kappa shape index (κ3) is 7.23. The van der Waals surface area contributed by atoms with E-state index in [1.54, 1.807) is 6.07 Å². The molecule has 0 fully saturated rings. The van der Waals surface area contributed by atoms with E-state index in [1.165, 1.54) is 19.1 Å². The van der Waals surface area contributed by atoms with Crippen molar-refractivity contribution in [3.8, 4) is 5.75 Å². The lowest BCUT2D eigenvalue weighted by molar-refractivity contribution is -0.137. The SMILES string of the molecule is C/C(CC(=O)Nc1cccc(C(F)(F)F)c1)=N\NC(=O)COc1ccc(C)cc1C. The second-order valence-corrected chi connectivity index (χ2v) is 6.74. The van der Waals surface area contributed by atoms with Crippen LogP contribution in [0.3, 0.4) is 0 Å². The first-order valence-corrected chi connectivity index (χ1v) is 9.04. The number of aryl methyl sites for hydroxylation is 2.